The SMILES string of the molecule is Fc1ccc2nc(-c3cc(Cl)ccc3F)[nH]c2c1. The zero-order chi connectivity index (χ0) is 12.7. The van der Waals surface area contributed by atoms with Crippen molar-refractivity contribution >= 4 is 22.6 Å². The summed E-state index contributed by atoms with van der Waals surface area (Å²) in [5, 5.41) is 0.415. The Morgan fingerprint density at radius 2 is 1.89 bits per heavy atom. The maximum absolute atomic E-state index is 13.7. The van der Waals surface area contributed by atoms with Gasteiger partial charge in [-0.1, -0.05) is 11.6 Å². The highest BCUT2D eigenvalue weighted by atomic mass is 35.5. The Morgan fingerprint density at radius 1 is 1.06 bits per heavy atom. The second kappa shape index (κ2) is 4.07. The number of nitrogens with zero attached hydrogens (tertiary/aromatic N) is 1. The molecular formula is C13H7ClF2N2. The summed E-state index contributed by atoms with van der Waals surface area (Å²) in [4.78, 5) is 7.08. The first-order valence-corrected chi connectivity index (χ1v) is 5.62. The first kappa shape index (κ1) is 11.2. The molecule has 0 saturated carbocycles. The first-order chi connectivity index (χ1) is 8.63. The number of aromatic nitrogens is 2. The zero-order valence-corrected chi connectivity index (χ0v) is 9.80. The minimum atomic E-state index is -0.432. The van der Waals surface area contributed by atoms with Gasteiger partial charge >= 0.3 is 0 Å². The Balaban J connectivity index is 2.22. The molecule has 0 saturated heterocycles. The third-order valence-corrected chi connectivity index (χ3v) is 2.86. The number of imidazole rings is 1. The quantitative estimate of drug-likeness (QED) is 0.702. The number of halogens is 3. The van der Waals surface area contributed by atoms with Gasteiger partial charge in [0.1, 0.15) is 17.5 Å². The second-order valence-corrected chi connectivity index (χ2v) is 4.31. The lowest BCUT2D eigenvalue weighted by Crippen LogP contribution is -1.86. The van der Waals surface area contributed by atoms with Crippen molar-refractivity contribution in [1.82, 2.24) is 9.97 Å². The summed E-state index contributed by atoms with van der Waals surface area (Å²) in [5.74, 6) is -0.473. The molecule has 1 aromatic heterocycles. The molecule has 2 aromatic carbocycles. The Kier molecular flexibility index (Phi) is 2.52. The number of H-pyrrole nitrogens is 1. The molecule has 1 heterocycles. The van der Waals surface area contributed by atoms with E-state index in [-0.39, 0.29) is 11.4 Å². The van der Waals surface area contributed by atoms with Gasteiger partial charge in [0.25, 0.3) is 0 Å². The molecule has 0 spiro atoms. The molecule has 0 atom stereocenters. The molecule has 5 heteroatoms. The van der Waals surface area contributed by atoms with Crippen LogP contribution in [0.25, 0.3) is 22.4 Å². The largest absolute Gasteiger partial charge is 0.338 e. The van der Waals surface area contributed by atoms with E-state index < -0.39 is 5.82 Å². The molecule has 0 fully saturated rings. The van der Waals surface area contributed by atoms with Gasteiger partial charge in [0, 0.05) is 5.02 Å². The third kappa shape index (κ3) is 1.84. The van der Waals surface area contributed by atoms with E-state index in [1.165, 1.54) is 36.4 Å². The van der Waals surface area contributed by atoms with E-state index in [1.54, 1.807) is 0 Å². The van der Waals surface area contributed by atoms with Crippen LogP contribution in [-0.4, -0.2) is 9.97 Å². The lowest BCUT2D eigenvalue weighted by atomic mass is 10.2. The van der Waals surface area contributed by atoms with Crippen molar-refractivity contribution in [2.45, 2.75) is 0 Å². The fraction of sp³-hybridized carbons (Fsp3) is 0. The summed E-state index contributed by atoms with van der Waals surface area (Å²) < 4.78 is 26.7. The number of rotatable bonds is 1. The molecule has 0 radical (unpaired) electrons. The van der Waals surface area contributed by atoms with Gasteiger partial charge < -0.3 is 4.98 Å². The van der Waals surface area contributed by atoms with Crippen molar-refractivity contribution in [3.05, 3.63) is 53.1 Å². The summed E-state index contributed by atoms with van der Waals surface area (Å²) in [6.45, 7) is 0. The van der Waals surface area contributed by atoms with Crippen LogP contribution >= 0.6 is 11.6 Å². The predicted molar refractivity (Wildman–Crippen MR) is 66.5 cm³/mol. The van der Waals surface area contributed by atoms with Crippen LogP contribution in [0.5, 0.6) is 0 Å². The number of hydrogen-bond acceptors (Lipinski definition) is 1. The number of nitrogens with one attached hydrogen (secondary N) is 1. The van der Waals surface area contributed by atoms with Gasteiger partial charge in [-0.2, -0.15) is 0 Å². The standard InChI is InChI=1S/C13H7ClF2N2/c14-7-1-3-10(16)9(5-7)13-17-11-4-2-8(15)6-12(11)18-13/h1-6H,(H,17,18). The van der Waals surface area contributed by atoms with Crippen molar-refractivity contribution in [3.8, 4) is 11.4 Å². The van der Waals surface area contributed by atoms with Gasteiger partial charge in [-0.25, -0.2) is 13.8 Å². The van der Waals surface area contributed by atoms with Crippen LogP contribution in [0.15, 0.2) is 36.4 Å². The van der Waals surface area contributed by atoms with Gasteiger partial charge in [-0.15, -0.1) is 0 Å². The van der Waals surface area contributed by atoms with Crippen LogP contribution in [0.4, 0.5) is 8.78 Å². The second-order valence-electron chi connectivity index (χ2n) is 3.87. The summed E-state index contributed by atoms with van der Waals surface area (Å²) >= 11 is 5.82. The van der Waals surface area contributed by atoms with Crippen LogP contribution in [0.3, 0.4) is 0 Å². The lowest BCUT2D eigenvalue weighted by Gasteiger charge is -1.99. The normalized spacial score (nSPS) is 11.1. The fourth-order valence-corrected chi connectivity index (χ4v) is 1.96. The third-order valence-electron chi connectivity index (χ3n) is 2.63. The van der Waals surface area contributed by atoms with Crippen molar-refractivity contribution < 1.29 is 8.78 Å². The van der Waals surface area contributed by atoms with Crippen molar-refractivity contribution in [1.29, 1.82) is 0 Å². The van der Waals surface area contributed by atoms with E-state index in [0.29, 0.717) is 21.9 Å². The molecule has 18 heavy (non-hydrogen) atoms. The summed E-state index contributed by atoms with van der Waals surface area (Å²) in [7, 11) is 0. The maximum Gasteiger partial charge on any atom is 0.141 e. The number of hydrogen-bond donors (Lipinski definition) is 1. The topological polar surface area (TPSA) is 28.7 Å². The summed E-state index contributed by atoms with van der Waals surface area (Å²) in [6, 6.07) is 8.36. The molecule has 3 aromatic rings. The minimum absolute atomic E-state index is 0.263. The molecule has 2 nitrogen and oxygen atoms in total. The van der Waals surface area contributed by atoms with Crippen LogP contribution in [-0.2, 0) is 0 Å². The molecule has 3 rings (SSSR count). The van der Waals surface area contributed by atoms with E-state index in [2.05, 4.69) is 9.97 Å². The number of benzene rings is 2. The number of fused-ring (bicyclic) bond motifs is 1. The molecule has 0 aliphatic heterocycles. The van der Waals surface area contributed by atoms with Crippen LogP contribution in [0, 0.1) is 11.6 Å². The van der Waals surface area contributed by atoms with Gasteiger partial charge in [0.15, 0.2) is 0 Å². The highest BCUT2D eigenvalue weighted by Crippen LogP contribution is 2.26. The molecule has 0 unspecified atom stereocenters. The molecule has 0 amide bonds. The van der Waals surface area contributed by atoms with E-state index in [9.17, 15) is 8.78 Å². The molecule has 1 N–H and O–H groups in total. The van der Waals surface area contributed by atoms with Crippen LogP contribution in [0.2, 0.25) is 5.02 Å². The van der Waals surface area contributed by atoms with E-state index >= 15 is 0 Å². The maximum atomic E-state index is 13.7. The highest BCUT2D eigenvalue weighted by Gasteiger charge is 2.11. The highest BCUT2D eigenvalue weighted by molar-refractivity contribution is 6.30. The lowest BCUT2D eigenvalue weighted by molar-refractivity contribution is 0.629. The van der Waals surface area contributed by atoms with Gasteiger partial charge in [-0.3, -0.25) is 0 Å². The van der Waals surface area contributed by atoms with Crippen molar-refractivity contribution in [2.75, 3.05) is 0 Å². The van der Waals surface area contributed by atoms with Crippen molar-refractivity contribution in [2.24, 2.45) is 0 Å². The predicted octanol–water partition coefficient (Wildman–Crippen LogP) is 4.16. The summed E-state index contributed by atoms with van der Waals surface area (Å²) in [6.07, 6.45) is 0. The Hall–Kier alpha value is -1.94. The van der Waals surface area contributed by atoms with Crippen molar-refractivity contribution in [3.63, 3.8) is 0 Å². The Bertz CT molecular complexity index is 737. The van der Waals surface area contributed by atoms with E-state index in [0.717, 1.165) is 0 Å². The van der Waals surface area contributed by atoms with Crippen LogP contribution < -0.4 is 0 Å². The first-order valence-electron chi connectivity index (χ1n) is 5.24. The zero-order valence-electron chi connectivity index (χ0n) is 9.05. The monoisotopic (exact) mass is 264 g/mol. The number of aromatic amines is 1. The minimum Gasteiger partial charge on any atom is -0.338 e. The van der Waals surface area contributed by atoms with Crippen LogP contribution in [0.1, 0.15) is 0 Å². The Labute approximate surface area is 106 Å². The smallest absolute Gasteiger partial charge is 0.141 e. The van der Waals surface area contributed by atoms with E-state index in [4.69, 9.17) is 11.6 Å². The van der Waals surface area contributed by atoms with Gasteiger partial charge in [0.2, 0.25) is 0 Å². The fourth-order valence-electron chi connectivity index (χ4n) is 1.79. The van der Waals surface area contributed by atoms with Gasteiger partial charge in [-0.05, 0) is 36.4 Å². The van der Waals surface area contributed by atoms with E-state index in [1.807, 2.05) is 0 Å². The molecule has 90 valence electrons. The molecule has 0 aliphatic rings. The summed E-state index contributed by atoms with van der Waals surface area (Å²) in [5.41, 5.74) is 1.36. The average Bonchev–Trinajstić information content (AvgIpc) is 2.74. The molecule has 0 aliphatic carbocycles. The average molecular weight is 265 g/mol. The van der Waals surface area contributed by atoms with Gasteiger partial charge in [0.05, 0.1) is 16.6 Å². The molecular weight excluding hydrogens is 258 g/mol. The molecule has 0 bridgehead atoms. The Morgan fingerprint density at radius 3 is 2.72 bits per heavy atom.